The number of carbonyl (C=O) groups is 1. The average Bonchev–Trinajstić information content (AvgIpc) is 2.56. The quantitative estimate of drug-likeness (QED) is 0.651. The normalized spacial score (nSPS) is 12.0. The maximum atomic E-state index is 13.7. The number of rotatable bonds is 6. The first-order valence-corrected chi connectivity index (χ1v) is 7.38. The second-order valence-corrected chi connectivity index (χ2v) is 5.45. The van der Waals surface area contributed by atoms with E-state index in [1.807, 2.05) is 0 Å². The van der Waals surface area contributed by atoms with Crippen LogP contribution in [0.15, 0.2) is 48.5 Å². The Bertz CT molecular complexity index is 751. The van der Waals surface area contributed by atoms with Gasteiger partial charge in [0.05, 0.1) is 11.0 Å². The van der Waals surface area contributed by atoms with Crippen LogP contribution in [-0.2, 0) is 11.3 Å². The van der Waals surface area contributed by atoms with Crippen molar-refractivity contribution in [2.75, 3.05) is 12.4 Å². The van der Waals surface area contributed by atoms with Gasteiger partial charge in [0.1, 0.15) is 11.5 Å². The molecule has 2 aromatic rings. The largest absolute Gasteiger partial charge is 0.319 e. The summed E-state index contributed by atoms with van der Waals surface area (Å²) < 4.78 is 13.7. The SMILES string of the molecule is CC(C(=O)Nc1ccccc1[N+](=O)[O-])N(C)Cc1ccccc1F. The zero-order valence-corrected chi connectivity index (χ0v) is 13.4. The van der Waals surface area contributed by atoms with Gasteiger partial charge in [0.25, 0.3) is 5.69 Å². The summed E-state index contributed by atoms with van der Waals surface area (Å²) >= 11 is 0. The highest BCUT2D eigenvalue weighted by molar-refractivity contribution is 5.96. The average molecular weight is 331 g/mol. The highest BCUT2D eigenvalue weighted by Crippen LogP contribution is 2.23. The molecule has 2 aromatic carbocycles. The number of nitrogens with one attached hydrogen (secondary N) is 1. The molecule has 0 saturated carbocycles. The van der Waals surface area contributed by atoms with Gasteiger partial charge >= 0.3 is 0 Å². The van der Waals surface area contributed by atoms with E-state index in [-0.39, 0.29) is 23.7 Å². The molecule has 0 heterocycles. The van der Waals surface area contributed by atoms with Gasteiger partial charge in [-0.3, -0.25) is 19.8 Å². The topological polar surface area (TPSA) is 75.5 Å². The number of likely N-dealkylation sites (N-methyl/N-ethyl adjacent to an activating group) is 1. The lowest BCUT2D eigenvalue weighted by Gasteiger charge is -2.24. The van der Waals surface area contributed by atoms with Crippen LogP contribution in [0.4, 0.5) is 15.8 Å². The Morgan fingerprint density at radius 2 is 1.88 bits per heavy atom. The first-order chi connectivity index (χ1) is 11.4. The molecule has 24 heavy (non-hydrogen) atoms. The summed E-state index contributed by atoms with van der Waals surface area (Å²) in [5.41, 5.74) is 0.443. The van der Waals surface area contributed by atoms with E-state index in [2.05, 4.69) is 5.32 Å². The predicted octanol–water partition coefficient (Wildman–Crippen LogP) is 3.19. The fourth-order valence-electron chi connectivity index (χ4n) is 2.21. The predicted molar refractivity (Wildman–Crippen MR) is 89.1 cm³/mol. The van der Waals surface area contributed by atoms with Crippen LogP contribution in [0, 0.1) is 15.9 Å². The van der Waals surface area contributed by atoms with Crippen molar-refractivity contribution in [3.8, 4) is 0 Å². The summed E-state index contributed by atoms with van der Waals surface area (Å²) in [5.74, 6) is -0.737. The number of benzene rings is 2. The second-order valence-electron chi connectivity index (χ2n) is 5.45. The maximum Gasteiger partial charge on any atom is 0.292 e. The number of nitro benzene ring substituents is 1. The van der Waals surface area contributed by atoms with E-state index in [1.54, 1.807) is 43.1 Å². The van der Waals surface area contributed by atoms with Crippen LogP contribution in [0.2, 0.25) is 0 Å². The maximum absolute atomic E-state index is 13.7. The van der Waals surface area contributed by atoms with Crippen LogP contribution in [0.25, 0.3) is 0 Å². The molecule has 1 unspecified atom stereocenters. The fraction of sp³-hybridized carbons (Fsp3) is 0.235. The van der Waals surface area contributed by atoms with Crippen molar-refractivity contribution in [2.24, 2.45) is 0 Å². The third-order valence-corrected chi connectivity index (χ3v) is 3.78. The third-order valence-electron chi connectivity index (χ3n) is 3.78. The van der Waals surface area contributed by atoms with Crippen molar-refractivity contribution in [3.05, 3.63) is 70.0 Å². The van der Waals surface area contributed by atoms with Gasteiger partial charge < -0.3 is 5.32 Å². The molecule has 2 rings (SSSR count). The molecule has 0 radical (unpaired) electrons. The van der Waals surface area contributed by atoms with E-state index >= 15 is 0 Å². The van der Waals surface area contributed by atoms with Gasteiger partial charge in [-0.1, -0.05) is 30.3 Å². The van der Waals surface area contributed by atoms with Crippen molar-refractivity contribution < 1.29 is 14.1 Å². The fourth-order valence-corrected chi connectivity index (χ4v) is 2.21. The molecule has 0 aliphatic heterocycles. The summed E-state index contributed by atoms with van der Waals surface area (Å²) in [6.07, 6.45) is 0. The van der Waals surface area contributed by atoms with Crippen LogP contribution in [0.1, 0.15) is 12.5 Å². The van der Waals surface area contributed by atoms with Gasteiger partial charge in [0.15, 0.2) is 0 Å². The smallest absolute Gasteiger partial charge is 0.292 e. The summed E-state index contributed by atoms with van der Waals surface area (Å²) in [4.78, 5) is 24.4. The van der Waals surface area contributed by atoms with Crippen LogP contribution in [0.5, 0.6) is 0 Å². The summed E-state index contributed by atoms with van der Waals surface area (Å²) in [7, 11) is 1.69. The lowest BCUT2D eigenvalue weighted by Crippen LogP contribution is -2.39. The number of hydrogen-bond donors (Lipinski definition) is 1. The molecule has 0 saturated heterocycles. The molecule has 0 spiro atoms. The minimum absolute atomic E-state index is 0.138. The van der Waals surface area contributed by atoms with E-state index in [0.717, 1.165) is 0 Å². The number of para-hydroxylation sites is 2. The Morgan fingerprint density at radius 1 is 1.25 bits per heavy atom. The second kappa shape index (κ2) is 7.65. The zero-order chi connectivity index (χ0) is 17.7. The lowest BCUT2D eigenvalue weighted by atomic mass is 10.1. The number of anilines is 1. The number of amides is 1. The third kappa shape index (κ3) is 4.14. The highest BCUT2D eigenvalue weighted by Gasteiger charge is 2.22. The molecular formula is C17H18FN3O3. The highest BCUT2D eigenvalue weighted by atomic mass is 19.1. The molecule has 1 N–H and O–H groups in total. The van der Waals surface area contributed by atoms with Crippen LogP contribution < -0.4 is 5.32 Å². The standard InChI is InChI=1S/C17H18FN3O3/c1-12(20(2)11-13-7-3-4-8-14(13)18)17(22)19-15-9-5-6-10-16(15)21(23)24/h3-10,12H,11H2,1-2H3,(H,19,22). The number of nitro groups is 1. The number of hydrogen-bond acceptors (Lipinski definition) is 4. The van der Waals surface area contributed by atoms with E-state index in [9.17, 15) is 19.3 Å². The molecule has 0 bridgehead atoms. The Kier molecular flexibility index (Phi) is 5.59. The Morgan fingerprint density at radius 3 is 2.54 bits per heavy atom. The van der Waals surface area contributed by atoms with E-state index in [1.165, 1.54) is 24.3 Å². The molecule has 1 amide bonds. The zero-order valence-electron chi connectivity index (χ0n) is 13.4. The van der Waals surface area contributed by atoms with Crippen molar-refractivity contribution in [3.63, 3.8) is 0 Å². The first-order valence-electron chi connectivity index (χ1n) is 7.38. The number of carbonyl (C=O) groups excluding carboxylic acids is 1. The van der Waals surface area contributed by atoms with E-state index < -0.39 is 16.9 Å². The van der Waals surface area contributed by atoms with Crippen molar-refractivity contribution in [1.82, 2.24) is 4.90 Å². The molecule has 0 aliphatic carbocycles. The summed E-state index contributed by atoms with van der Waals surface area (Å²) in [6.45, 7) is 1.91. The molecule has 6 nitrogen and oxygen atoms in total. The first kappa shape index (κ1) is 17.6. The Hall–Kier alpha value is -2.80. The van der Waals surface area contributed by atoms with Gasteiger partial charge in [0, 0.05) is 18.2 Å². The van der Waals surface area contributed by atoms with Gasteiger partial charge in [0.2, 0.25) is 5.91 Å². The molecule has 126 valence electrons. The number of halogens is 1. The molecule has 7 heteroatoms. The lowest BCUT2D eigenvalue weighted by molar-refractivity contribution is -0.383. The van der Waals surface area contributed by atoms with Gasteiger partial charge in [-0.25, -0.2) is 4.39 Å². The molecular weight excluding hydrogens is 313 g/mol. The molecule has 0 aromatic heterocycles. The molecule has 0 fully saturated rings. The minimum atomic E-state index is -0.593. The number of nitrogens with zero attached hydrogens (tertiary/aromatic N) is 2. The van der Waals surface area contributed by atoms with E-state index in [4.69, 9.17) is 0 Å². The minimum Gasteiger partial charge on any atom is -0.319 e. The van der Waals surface area contributed by atoms with E-state index in [0.29, 0.717) is 5.56 Å². The Balaban J connectivity index is 2.07. The van der Waals surface area contributed by atoms with Gasteiger partial charge in [-0.15, -0.1) is 0 Å². The van der Waals surface area contributed by atoms with Crippen LogP contribution in [0.3, 0.4) is 0 Å². The van der Waals surface area contributed by atoms with Crippen molar-refractivity contribution in [1.29, 1.82) is 0 Å². The van der Waals surface area contributed by atoms with Crippen LogP contribution >= 0.6 is 0 Å². The molecule has 1 atom stereocenters. The van der Waals surface area contributed by atoms with Gasteiger partial charge in [-0.2, -0.15) is 0 Å². The summed E-state index contributed by atoms with van der Waals surface area (Å²) in [6, 6.07) is 11.7. The van der Waals surface area contributed by atoms with Crippen molar-refractivity contribution in [2.45, 2.75) is 19.5 Å². The van der Waals surface area contributed by atoms with Crippen LogP contribution in [-0.4, -0.2) is 28.8 Å². The van der Waals surface area contributed by atoms with Crippen molar-refractivity contribution >= 4 is 17.3 Å². The van der Waals surface area contributed by atoms with Gasteiger partial charge in [-0.05, 0) is 26.1 Å². The monoisotopic (exact) mass is 331 g/mol. The molecule has 0 aliphatic rings. The Labute approximate surface area is 139 Å². The summed E-state index contributed by atoms with van der Waals surface area (Å²) in [5, 5.41) is 13.5.